The van der Waals surface area contributed by atoms with Crippen molar-refractivity contribution < 1.29 is 54.3 Å². The molecule has 19 heteroatoms. The number of rotatable bonds is 8. The van der Waals surface area contributed by atoms with Gasteiger partial charge in [0.05, 0.1) is 23.1 Å². The fraction of sp³-hybridized carbons (Fsp3) is 0.409. The molecule has 2 aliphatic heterocycles. The van der Waals surface area contributed by atoms with Gasteiger partial charge in [0.2, 0.25) is 27.4 Å². The highest BCUT2D eigenvalue weighted by molar-refractivity contribution is 7.91. The SMILES string of the molecule is CC1(S(=O)(=O)NC(=O)[C@@]23C[C@H]2/C=C\CCCCC[C@H](NC(=O)c2ccco2)C(=O)N2C[C@H](Oc4nc(-c5ccc(C(F)(F)F)cc5)nc5c4oc4ccccc45)C[C@H]2C(=O)N3)CC1. The zero-order valence-electron chi connectivity index (χ0n) is 33.9. The van der Waals surface area contributed by atoms with Crippen LogP contribution < -0.4 is 20.1 Å². The Balaban J connectivity index is 1.07. The number of amides is 4. The summed E-state index contributed by atoms with van der Waals surface area (Å²) in [6, 6.07) is 11.9. The van der Waals surface area contributed by atoms with Crippen LogP contribution in [0.25, 0.3) is 33.5 Å². The fourth-order valence-corrected chi connectivity index (χ4v) is 9.64. The molecule has 3 N–H and O–H groups in total. The van der Waals surface area contributed by atoms with Gasteiger partial charge in [0.25, 0.3) is 17.7 Å². The lowest BCUT2D eigenvalue weighted by molar-refractivity contribution is -0.141. The van der Waals surface area contributed by atoms with E-state index in [9.17, 15) is 40.8 Å². The number of hydrogen-bond acceptors (Lipinski definition) is 11. The molecule has 5 aromatic rings. The van der Waals surface area contributed by atoms with Crippen molar-refractivity contribution in [2.24, 2.45) is 5.92 Å². The number of para-hydroxylation sites is 1. The van der Waals surface area contributed by atoms with Crippen molar-refractivity contribution >= 4 is 55.7 Å². The maximum Gasteiger partial charge on any atom is 0.416 e. The Kier molecular flexibility index (Phi) is 10.6. The number of aromatic nitrogens is 2. The number of halogens is 3. The van der Waals surface area contributed by atoms with Gasteiger partial charge in [-0.1, -0.05) is 49.3 Å². The summed E-state index contributed by atoms with van der Waals surface area (Å²) < 4.78 is 86.0. The second kappa shape index (κ2) is 15.8. The summed E-state index contributed by atoms with van der Waals surface area (Å²) in [6.45, 7) is 1.34. The highest BCUT2D eigenvalue weighted by atomic mass is 32.2. The number of alkyl halides is 3. The Morgan fingerprint density at radius 2 is 1.78 bits per heavy atom. The second-order valence-electron chi connectivity index (χ2n) is 16.9. The van der Waals surface area contributed by atoms with E-state index < -0.39 is 79.8 Å². The highest BCUT2D eigenvalue weighted by Gasteiger charge is 2.63. The lowest BCUT2D eigenvalue weighted by Crippen LogP contribution is -2.58. The van der Waals surface area contributed by atoms with Crippen LogP contribution in [0, 0.1) is 5.92 Å². The minimum atomic E-state index is -4.57. The van der Waals surface area contributed by atoms with E-state index in [0.29, 0.717) is 48.6 Å². The van der Waals surface area contributed by atoms with E-state index in [1.807, 2.05) is 12.2 Å². The van der Waals surface area contributed by atoms with Crippen molar-refractivity contribution in [2.75, 3.05) is 6.54 Å². The third-order valence-corrected chi connectivity index (χ3v) is 14.6. The Bertz CT molecular complexity index is 2750. The third-order valence-electron chi connectivity index (χ3n) is 12.5. The van der Waals surface area contributed by atoms with Crippen LogP contribution in [0.3, 0.4) is 0 Å². The summed E-state index contributed by atoms with van der Waals surface area (Å²) >= 11 is 0. The lowest BCUT2D eigenvalue weighted by Gasteiger charge is -2.30. The average molecular weight is 889 g/mol. The zero-order chi connectivity index (χ0) is 44.3. The lowest BCUT2D eigenvalue weighted by atomic mass is 10.0. The van der Waals surface area contributed by atoms with Gasteiger partial charge in [0, 0.05) is 23.3 Å². The van der Waals surface area contributed by atoms with Crippen molar-refractivity contribution in [3.63, 3.8) is 0 Å². The first-order valence-corrected chi connectivity index (χ1v) is 22.3. The summed E-state index contributed by atoms with van der Waals surface area (Å²) in [4.78, 5) is 67.2. The number of ether oxygens (including phenoxy) is 1. The molecule has 4 amide bonds. The molecule has 9 rings (SSSR count). The van der Waals surface area contributed by atoms with Crippen LogP contribution in [-0.2, 0) is 30.6 Å². The highest BCUT2D eigenvalue weighted by Crippen LogP contribution is 2.48. The van der Waals surface area contributed by atoms with Crippen molar-refractivity contribution in [1.82, 2.24) is 30.2 Å². The molecule has 2 aliphatic carbocycles. The number of nitrogens with zero attached hydrogens (tertiary/aromatic N) is 3. The maximum atomic E-state index is 14.7. The molecule has 1 saturated heterocycles. The molecule has 15 nitrogen and oxygen atoms in total. The number of benzene rings is 2. The molecule has 0 spiro atoms. The van der Waals surface area contributed by atoms with Gasteiger partial charge in [0.15, 0.2) is 11.6 Å². The molecule has 330 valence electrons. The van der Waals surface area contributed by atoms with Gasteiger partial charge >= 0.3 is 6.18 Å². The van der Waals surface area contributed by atoms with E-state index in [1.54, 1.807) is 31.2 Å². The normalized spacial score (nSPS) is 25.6. The number of carbonyl (C=O) groups is 4. The molecule has 2 aromatic carbocycles. The molecule has 5 heterocycles. The number of nitrogens with one attached hydrogen (secondary N) is 3. The minimum Gasteiger partial charge on any atom is -0.470 e. The number of hydrogen-bond donors (Lipinski definition) is 3. The van der Waals surface area contributed by atoms with Gasteiger partial charge in [-0.2, -0.15) is 18.2 Å². The molecule has 3 fully saturated rings. The summed E-state index contributed by atoms with van der Waals surface area (Å²) in [5, 5.41) is 6.19. The molecule has 3 aromatic heterocycles. The van der Waals surface area contributed by atoms with E-state index in [1.165, 1.54) is 35.4 Å². The Labute approximate surface area is 358 Å². The smallest absolute Gasteiger partial charge is 0.416 e. The van der Waals surface area contributed by atoms with Gasteiger partial charge in [-0.25, -0.2) is 13.4 Å². The zero-order valence-corrected chi connectivity index (χ0v) is 34.8. The van der Waals surface area contributed by atoms with E-state index >= 15 is 0 Å². The van der Waals surface area contributed by atoms with Crippen LogP contribution in [0.4, 0.5) is 13.2 Å². The minimum absolute atomic E-state index is 0.0223. The summed E-state index contributed by atoms with van der Waals surface area (Å²) in [5.74, 6) is -3.50. The summed E-state index contributed by atoms with van der Waals surface area (Å²) in [7, 11) is -4.08. The van der Waals surface area contributed by atoms with Crippen LogP contribution >= 0.6 is 0 Å². The van der Waals surface area contributed by atoms with Gasteiger partial charge in [-0.05, 0) is 81.8 Å². The maximum absolute atomic E-state index is 14.7. The number of sulfonamides is 1. The van der Waals surface area contributed by atoms with Gasteiger partial charge in [-0.15, -0.1) is 0 Å². The van der Waals surface area contributed by atoms with Crippen molar-refractivity contribution in [1.29, 1.82) is 0 Å². The molecular formula is C44H43F3N6O9S. The van der Waals surface area contributed by atoms with E-state index in [4.69, 9.17) is 13.6 Å². The van der Waals surface area contributed by atoms with Crippen molar-refractivity contribution in [2.45, 2.75) is 99.4 Å². The Morgan fingerprint density at radius 3 is 2.51 bits per heavy atom. The first kappa shape index (κ1) is 42.1. The van der Waals surface area contributed by atoms with Crippen molar-refractivity contribution in [3.8, 4) is 17.3 Å². The van der Waals surface area contributed by atoms with Crippen LogP contribution in [0.1, 0.15) is 80.8 Å². The first-order chi connectivity index (χ1) is 30.0. The summed E-state index contributed by atoms with van der Waals surface area (Å²) in [6.07, 6.45) is 3.03. The van der Waals surface area contributed by atoms with Crippen LogP contribution in [0.15, 0.2) is 87.9 Å². The second-order valence-corrected chi connectivity index (χ2v) is 19.1. The molecule has 2 saturated carbocycles. The number of allylic oxidation sites excluding steroid dienone is 1. The molecule has 63 heavy (non-hydrogen) atoms. The fourth-order valence-electron chi connectivity index (χ4n) is 8.32. The molecule has 0 unspecified atom stereocenters. The molecule has 4 aliphatic rings. The largest absolute Gasteiger partial charge is 0.470 e. The number of fused-ring (bicyclic) bond motifs is 5. The van der Waals surface area contributed by atoms with Crippen LogP contribution in [0.2, 0.25) is 0 Å². The van der Waals surface area contributed by atoms with Gasteiger partial charge < -0.3 is 29.1 Å². The predicted octanol–water partition coefficient (Wildman–Crippen LogP) is 6.20. The third kappa shape index (κ3) is 8.13. The van der Waals surface area contributed by atoms with E-state index in [2.05, 4.69) is 25.3 Å². The quantitative estimate of drug-likeness (QED) is 0.150. The number of carbonyl (C=O) groups excluding carboxylic acids is 4. The van der Waals surface area contributed by atoms with E-state index in [0.717, 1.165) is 18.6 Å². The van der Waals surface area contributed by atoms with Gasteiger partial charge in [0.1, 0.15) is 34.8 Å². The molecule has 0 radical (unpaired) electrons. The van der Waals surface area contributed by atoms with Crippen LogP contribution in [0.5, 0.6) is 5.88 Å². The monoisotopic (exact) mass is 888 g/mol. The first-order valence-electron chi connectivity index (χ1n) is 20.8. The van der Waals surface area contributed by atoms with Crippen molar-refractivity contribution in [3.05, 3.63) is 90.4 Å². The standard InChI is InChI=1S/C44H43F3N6O9S/c1-42(19-20-42)63(58,59)52-41(57)43-23-27(43)10-5-3-2-4-6-12-30(48-38(55)33-14-9-21-60-33)40(56)53-24-28(22-31(53)37(54)51-43)61-39-35-34(29-11-7-8-13-32(29)62-35)49-36(50-39)25-15-17-26(18-16-25)44(45,46)47/h5,7-11,13-18,21,27-28,30-31H,2-4,6,12,19-20,22-24H2,1H3,(H,48,55)(H,51,54)(H,52,57)/b10-5-/t27-,28-,30+,31+,43-/m1/s1. The molecule has 0 bridgehead atoms. The average Bonchev–Trinajstić information content (AvgIpc) is 3.88. The molecule has 5 atom stereocenters. The Hall–Kier alpha value is -6.24. The predicted molar refractivity (Wildman–Crippen MR) is 220 cm³/mol. The van der Waals surface area contributed by atoms with Gasteiger partial charge in [-0.3, -0.25) is 23.9 Å². The topological polar surface area (TPSA) is 203 Å². The number of furan rings is 2. The Morgan fingerprint density at radius 1 is 1.00 bits per heavy atom. The molecular weight excluding hydrogens is 846 g/mol. The summed E-state index contributed by atoms with van der Waals surface area (Å²) in [5.41, 5.74) is -1.39. The van der Waals surface area contributed by atoms with E-state index in [-0.39, 0.29) is 54.4 Å². The van der Waals surface area contributed by atoms with Crippen LogP contribution in [-0.4, -0.2) is 81.9 Å².